The molecule has 2 aromatic carbocycles. The number of hydrogen-bond donors (Lipinski definition) is 2. The molecule has 4 rings (SSSR count). The topological polar surface area (TPSA) is 109 Å². The number of aliphatic hydroxyl groups excluding tert-OH is 1. The number of hydrogen-bond acceptors (Lipinski definition) is 6. The molecule has 31 heavy (non-hydrogen) atoms. The third-order valence-electron chi connectivity index (χ3n) is 5.33. The predicted molar refractivity (Wildman–Crippen MR) is 113 cm³/mol. The molecule has 1 aliphatic heterocycles. The fourth-order valence-corrected chi connectivity index (χ4v) is 4.22. The number of fused-ring (bicyclic) bond motifs is 3. The second-order valence-corrected chi connectivity index (χ2v) is 9.34. The summed E-state index contributed by atoms with van der Waals surface area (Å²) in [6.07, 6.45) is 0.735. The van der Waals surface area contributed by atoms with Gasteiger partial charge in [0.2, 0.25) is 10.0 Å². The first-order chi connectivity index (χ1) is 14.7. The molecule has 2 heterocycles. The molecular formula is C21H21FN2O6S. The number of anilines is 1. The van der Waals surface area contributed by atoms with Gasteiger partial charge in [-0.1, -0.05) is 0 Å². The normalized spacial score (nSPS) is 15.6. The average Bonchev–Trinajstić information content (AvgIpc) is 3.33. The Labute approximate surface area is 178 Å². The van der Waals surface area contributed by atoms with Crippen LogP contribution in [0.4, 0.5) is 10.1 Å². The summed E-state index contributed by atoms with van der Waals surface area (Å²) < 4.78 is 50.7. The number of carbonyl (C=O) groups is 1. The zero-order valence-corrected chi connectivity index (χ0v) is 17.9. The molecule has 1 atom stereocenters. The first-order valence-corrected chi connectivity index (χ1v) is 11.3. The van der Waals surface area contributed by atoms with Crippen molar-refractivity contribution in [1.82, 2.24) is 5.32 Å². The van der Waals surface area contributed by atoms with E-state index in [1.165, 1.54) is 44.4 Å². The molecule has 164 valence electrons. The van der Waals surface area contributed by atoms with Gasteiger partial charge < -0.3 is 19.6 Å². The van der Waals surface area contributed by atoms with Gasteiger partial charge in [-0.05, 0) is 24.3 Å². The standard InChI is InChI=1S/C21H21FN2O6S/c1-23-21(26)18-17-14-8-13(10-25)29-20(14)15(24(2)31(3,27)28)9-16(17)30-19(18)11-4-6-12(22)7-5-11/h4-7,9,13,25H,8,10H2,1-3H3,(H,23,26). The van der Waals surface area contributed by atoms with Crippen LogP contribution in [0.2, 0.25) is 0 Å². The number of nitrogens with one attached hydrogen (secondary N) is 1. The molecular weight excluding hydrogens is 427 g/mol. The molecule has 1 amide bonds. The Hall–Kier alpha value is -3.11. The Morgan fingerprint density at radius 1 is 1.32 bits per heavy atom. The SMILES string of the molecule is CNC(=O)c1c(-c2ccc(F)cc2)oc2cc(N(C)S(C)(=O)=O)c3c(c12)CC(CO)O3. The molecule has 1 aromatic heterocycles. The van der Waals surface area contributed by atoms with E-state index in [4.69, 9.17) is 9.15 Å². The predicted octanol–water partition coefficient (Wildman–Crippen LogP) is 2.29. The number of amides is 1. The lowest BCUT2D eigenvalue weighted by Crippen LogP contribution is -2.25. The van der Waals surface area contributed by atoms with Crippen LogP contribution in [0.1, 0.15) is 15.9 Å². The Balaban J connectivity index is 2.07. The molecule has 0 saturated carbocycles. The fraction of sp³-hybridized carbons (Fsp3) is 0.286. The van der Waals surface area contributed by atoms with Gasteiger partial charge in [0.25, 0.3) is 5.91 Å². The zero-order valence-electron chi connectivity index (χ0n) is 17.1. The van der Waals surface area contributed by atoms with Crippen molar-refractivity contribution in [3.8, 4) is 17.1 Å². The number of sulfonamides is 1. The van der Waals surface area contributed by atoms with Crippen molar-refractivity contribution in [1.29, 1.82) is 0 Å². The summed E-state index contributed by atoms with van der Waals surface area (Å²) in [5.41, 5.74) is 1.81. The number of furan rings is 1. The Bertz CT molecular complexity index is 1280. The maximum Gasteiger partial charge on any atom is 0.255 e. The van der Waals surface area contributed by atoms with Gasteiger partial charge >= 0.3 is 0 Å². The largest absolute Gasteiger partial charge is 0.485 e. The Morgan fingerprint density at radius 2 is 2.00 bits per heavy atom. The van der Waals surface area contributed by atoms with Crippen molar-refractivity contribution in [2.24, 2.45) is 0 Å². The number of ether oxygens (including phenoxy) is 1. The maximum absolute atomic E-state index is 13.4. The first-order valence-electron chi connectivity index (χ1n) is 9.47. The summed E-state index contributed by atoms with van der Waals surface area (Å²) in [6, 6.07) is 7.00. The average molecular weight is 448 g/mol. The van der Waals surface area contributed by atoms with Gasteiger partial charge in [0.05, 0.1) is 24.1 Å². The highest BCUT2D eigenvalue weighted by molar-refractivity contribution is 7.92. The molecule has 0 saturated heterocycles. The van der Waals surface area contributed by atoms with Crippen LogP contribution in [0.5, 0.6) is 5.75 Å². The van der Waals surface area contributed by atoms with Crippen molar-refractivity contribution in [3.05, 3.63) is 47.3 Å². The second-order valence-electron chi connectivity index (χ2n) is 7.33. The van der Waals surface area contributed by atoms with Crippen molar-refractivity contribution in [3.63, 3.8) is 0 Å². The lowest BCUT2D eigenvalue weighted by atomic mass is 9.98. The van der Waals surface area contributed by atoms with Crippen LogP contribution in [-0.4, -0.2) is 52.5 Å². The molecule has 0 aliphatic carbocycles. The summed E-state index contributed by atoms with van der Waals surface area (Å²) >= 11 is 0. The number of carbonyl (C=O) groups excluding carboxylic acids is 1. The second kappa shape index (κ2) is 7.54. The van der Waals surface area contributed by atoms with E-state index in [1.54, 1.807) is 0 Å². The highest BCUT2D eigenvalue weighted by Gasteiger charge is 2.35. The summed E-state index contributed by atoms with van der Waals surface area (Å²) in [5.74, 6) is -0.352. The van der Waals surface area contributed by atoms with E-state index >= 15 is 0 Å². The van der Waals surface area contributed by atoms with E-state index in [0.29, 0.717) is 16.5 Å². The van der Waals surface area contributed by atoms with Crippen LogP contribution in [0.25, 0.3) is 22.3 Å². The van der Waals surface area contributed by atoms with Crippen LogP contribution < -0.4 is 14.4 Å². The molecule has 0 radical (unpaired) electrons. The number of benzene rings is 2. The van der Waals surface area contributed by atoms with Crippen LogP contribution in [0.3, 0.4) is 0 Å². The van der Waals surface area contributed by atoms with Crippen LogP contribution in [0.15, 0.2) is 34.7 Å². The Morgan fingerprint density at radius 3 is 2.58 bits per heavy atom. The molecule has 1 aliphatic rings. The maximum atomic E-state index is 13.4. The minimum Gasteiger partial charge on any atom is -0.485 e. The summed E-state index contributed by atoms with van der Waals surface area (Å²) in [4.78, 5) is 12.8. The zero-order chi connectivity index (χ0) is 22.5. The van der Waals surface area contributed by atoms with Gasteiger partial charge in [0, 0.05) is 43.1 Å². The summed E-state index contributed by atoms with van der Waals surface area (Å²) in [7, 11) is -0.758. The van der Waals surface area contributed by atoms with Crippen molar-refractivity contribution in [2.45, 2.75) is 12.5 Å². The minimum atomic E-state index is -3.62. The molecule has 0 spiro atoms. The third kappa shape index (κ3) is 3.51. The first kappa shape index (κ1) is 21.1. The van der Waals surface area contributed by atoms with Crippen molar-refractivity contribution in [2.75, 3.05) is 31.3 Å². The number of aliphatic hydroxyl groups is 1. The summed E-state index contributed by atoms with van der Waals surface area (Å²) in [6.45, 7) is -0.282. The number of nitrogens with zero attached hydrogens (tertiary/aromatic N) is 1. The van der Waals surface area contributed by atoms with E-state index in [-0.39, 0.29) is 41.4 Å². The smallest absolute Gasteiger partial charge is 0.255 e. The van der Waals surface area contributed by atoms with E-state index in [2.05, 4.69) is 5.32 Å². The molecule has 0 fully saturated rings. The minimum absolute atomic E-state index is 0.225. The van der Waals surface area contributed by atoms with E-state index in [0.717, 1.165) is 10.6 Å². The Kier molecular flexibility index (Phi) is 5.14. The van der Waals surface area contributed by atoms with Crippen molar-refractivity contribution >= 4 is 32.6 Å². The molecule has 3 aromatic rings. The lowest BCUT2D eigenvalue weighted by Gasteiger charge is -2.20. The highest BCUT2D eigenvalue weighted by atomic mass is 32.2. The fourth-order valence-electron chi connectivity index (χ4n) is 3.73. The van der Waals surface area contributed by atoms with E-state index in [9.17, 15) is 22.7 Å². The van der Waals surface area contributed by atoms with Crippen LogP contribution in [-0.2, 0) is 16.4 Å². The van der Waals surface area contributed by atoms with E-state index < -0.39 is 27.9 Å². The van der Waals surface area contributed by atoms with E-state index in [1.807, 2.05) is 0 Å². The highest BCUT2D eigenvalue weighted by Crippen LogP contribution is 2.47. The number of halogens is 1. The van der Waals surface area contributed by atoms with Gasteiger partial charge in [-0.2, -0.15) is 0 Å². The molecule has 8 nitrogen and oxygen atoms in total. The molecule has 0 bridgehead atoms. The van der Waals surface area contributed by atoms with Crippen molar-refractivity contribution < 1.29 is 31.9 Å². The van der Waals surface area contributed by atoms with Gasteiger partial charge in [0.15, 0.2) is 0 Å². The molecule has 2 N–H and O–H groups in total. The number of rotatable bonds is 5. The third-order valence-corrected chi connectivity index (χ3v) is 6.52. The quantitative estimate of drug-likeness (QED) is 0.620. The molecule has 10 heteroatoms. The van der Waals surface area contributed by atoms with Gasteiger partial charge in [-0.15, -0.1) is 0 Å². The lowest BCUT2D eigenvalue weighted by molar-refractivity contribution is 0.0964. The van der Waals surface area contributed by atoms with Crippen LogP contribution in [0, 0.1) is 5.82 Å². The summed E-state index contributed by atoms with van der Waals surface area (Å²) in [5, 5.41) is 12.7. The van der Waals surface area contributed by atoms with Gasteiger partial charge in [-0.25, -0.2) is 12.8 Å². The molecule has 1 unspecified atom stereocenters. The van der Waals surface area contributed by atoms with Gasteiger partial charge in [0.1, 0.15) is 29.0 Å². The monoisotopic (exact) mass is 448 g/mol. The van der Waals surface area contributed by atoms with Gasteiger partial charge in [-0.3, -0.25) is 9.10 Å². The van der Waals surface area contributed by atoms with Crippen LogP contribution >= 0.6 is 0 Å².